The lowest BCUT2D eigenvalue weighted by Crippen LogP contribution is -2.23. The molecule has 0 amide bonds. The van der Waals surface area contributed by atoms with E-state index in [4.69, 9.17) is 27.8 Å². The number of benzene rings is 3. The minimum Gasteiger partial charge on any atom is -0.497 e. The molecule has 5 aromatic rings. The number of nitrogens with zero attached hydrogens (tertiary/aromatic N) is 4. The van der Waals surface area contributed by atoms with Gasteiger partial charge in [0.25, 0.3) is 0 Å². The number of hydrogen-bond acceptors (Lipinski definition) is 4. The van der Waals surface area contributed by atoms with E-state index in [9.17, 15) is 0 Å². The van der Waals surface area contributed by atoms with E-state index < -0.39 is 0 Å². The van der Waals surface area contributed by atoms with Crippen LogP contribution in [0.2, 0.25) is 0 Å². The topological polar surface area (TPSA) is 82.4 Å². The summed E-state index contributed by atoms with van der Waals surface area (Å²) in [6.45, 7) is 2.72. The quantitative estimate of drug-likeness (QED) is 0.188. The Balaban J connectivity index is 1.60. The van der Waals surface area contributed by atoms with Crippen molar-refractivity contribution in [1.29, 1.82) is 0 Å². The van der Waals surface area contributed by atoms with Gasteiger partial charge in [0.05, 0.1) is 31.3 Å². The summed E-state index contributed by atoms with van der Waals surface area (Å²) in [4.78, 5) is 0. The molecule has 0 radical (unpaired) electrons. The Morgan fingerprint density at radius 3 is 2.58 bits per heavy atom. The van der Waals surface area contributed by atoms with E-state index in [0.717, 1.165) is 44.7 Å². The van der Waals surface area contributed by atoms with Gasteiger partial charge in [0.1, 0.15) is 5.75 Å². The van der Waals surface area contributed by atoms with Crippen molar-refractivity contribution in [2.45, 2.75) is 13.5 Å². The largest absolute Gasteiger partial charge is 0.497 e. The van der Waals surface area contributed by atoms with Gasteiger partial charge < -0.3 is 15.0 Å². The minimum atomic E-state index is 0.128. The average molecular weight is 495 g/mol. The van der Waals surface area contributed by atoms with Gasteiger partial charge in [0, 0.05) is 40.0 Å². The Morgan fingerprint density at radius 2 is 1.86 bits per heavy atom. The molecule has 0 fully saturated rings. The van der Waals surface area contributed by atoms with E-state index in [-0.39, 0.29) is 5.11 Å². The number of hydrazone groups is 1. The summed E-state index contributed by atoms with van der Waals surface area (Å²) in [5.74, 6) is 0.809. The van der Waals surface area contributed by atoms with Gasteiger partial charge in [0.15, 0.2) is 5.11 Å². The Kier molecular flexibility index (Phi) is 6.51. The van der Waals surface area contributed by atoms with Crippen molar-refractivity contribution in [2.75, 3.05) is 7.11 Å². The Labute approximate surface area is 214 Å². The number of hydrogen-bond donors (Lipinski definition) is 2. The van der Waals surface area contributed by atoms with Gasteiger partial charge in [0.2, 0.25) is 0 Å². The number of methoxy groups -OCH3 is 1. The van der Waals surface area contributed by atoms with Crippen molar-refractivity contribution in [2.24, 2.45) is 10.8 Å². The van der Waals surface area contributed by atoms with Crippen LogP contribution in [-0.2, 0) is 6.54 Å². The predicted molar refractivity (Wildman–Crippen MR) is 149 cm³/mol. The van der Waals surface area contributed by atoms with Crippen LogP contribution < -0.4 is 15.9 Å². The third-order valence-corrected chi connectivity index (χ3v) is 6.05. The molecule has 0 aliphatic carbocycles. The van der Waals surface area contributed by atoms with Crippen molar-refractivity contribution in [3.63, 3.8) is 0 Å². The predicted octanol–water partition coefficient (Wildman–Crippen LogP) is 5.03. The first-order valence-electron chi connectivity index (χ1n) is 11.5. The van der Waals surface area contributed by atoms with Crippen LogP contribution in [0.25, 0.3) is 27.8 Å². The first-order chi connectivity index (χ1) is 17.5. The zero-order chi connectivity index (χ0) is 25.1. The molecule has 0 saturated heterocycles. The van der Waals surface area contributed by atoms with E-state index >= 15 is 0 Å². The first kappa shape index (κ1) is 23.3. The standard InChI is InChI=1S/C28H26N6OS/c1-19-8-13-25-21(15-30-31-28(29)36)16-33(26(25)14-19)17-22-18-34(23-6-4-3-5-7-23)32-27(22)20-9-11-24(35-2)12-10-20/h3-16,18H,17H2,1-2H3,(H3,29,31,36)/b30-15+. The highest BCUT2D eigenvalue weighted by atomic mass is 32.1. The highest BCUT2D eigenvalue weighted by Crippen LogP contribution is 2.29. The van der Waals surface area contributed by atoms with E-state index in [1.165, 1.54) is 5.56 Å². The number of nitrogens with one attached hydrogen (secondary N) is 1. The maximum atomic E-state index is 5.52. The third kappa shape index (κ3) is 4.85. The van der Waals surface area contributed by atoms with Crippen molar-refractivity contribution in [3.05, 3.63) is 102 Å². The highest BCUT2D eigenvalue weighted by molar-refractivity contribution is 7.80. The molecule has 0 atom stereocenters. The first-order valence-corrected chi connectivity index (χ1v) is 11.9. The van der Waals surface area contributed by atoms with Crippen LogP contribution in [0.3, 0.4) is 0 Å². The summed E-state index contributed by atoms with van der Waals surface area (Å²) in [5, 5.41) is 10.4. The van der Waals surface area contributed by atoms with Gasteiger partial charge in [-0.2, -0.15) is 10.2 Å². The Morgan fingerprint density at radius 1 is 1.08 bits per heavy atom. The van der Waals surface area contributed by atoms with Gasteiger partial charge in [-0.05, 0) is 67.2 Å². The van der Waals surface area contributed by atoms with Crippen LogP contribution in [0.15, 0.2) is 90.3 Å². The van der Waals surface area contributed by atoms with Crippen molar-refractivity contribution < 1.29 is 4.74 Å². The fraction of sp³-hybridized carbons (Fsp3) is 0.107. The summed E-state index contributed by atoms with van der Waals surface area (Å²) in [7, 11) is 1.67. The molecule has 2 aromatic heterocycles. The fourth-order valence-corrected chi connectivity index (χ4v) is 4.30. The van der Waals surface area contributed by atoms with Crippen molar-refractivity contribution in [1.82, 2.24) is 19.8 Å². The molecule has 0 bridgehead atoms. The van der Waals surface area contributed by atoms with Crippen LogP contribution in [-0.4, -0.2) is 32.8 Å². The second kappa shape index (κ2) is 10.1. The fourth-order valence-electron chi connectivity index (χ4n) is 4.24. The van der Waals surface area contributed by atoms with Crippen LogP contribution in [0.4, 0.5) is 0 Å². The average Bonchev–Trinajstić information content (AvgIpc) is 3.46. The molecule has 5 rings (SSSR count). The van der Waals surface area contributed by atoms with Gasteiger partial charge >= 0.3 is 0 Å². The molecule has 0 saturated carbocycles. The number of nitrogens with two attached hydrogens (primary N) is 1. The van der Waals surface area contributed by atoms with Crippen molar-refractivity contribution in [3.8, 4) is 22.7 Å². The summed E-state index contributed by atoms with van der Waals surface area (Å²) in [6, 6.07) is 24.5. The lowest BCUT2D eigenvalue weighted by atomic mass is 10.1. The van der Waals surface area contributed by atoms with Gasteiger partial charge in [-0.15, -0.1) is 0 Å². The molecule has 0 unspecified atom stereocenters. The molecular weight excluding hydrogens is 468 g/mol. The molecule has 3 N–H and O–H groups in total. The van der Waals surface area contributed by atoms with Crippen molar-refractivity contribution >= 4 is 34.4 Å². The molecule has 36 heavy (non-hydrogen) atoms. The molecule has 180 valence electrons. The molecule has 0 aliphatic heterocycles. The normalized spacial score (nSPS) is 11.3. The Hall–Kier alpha value is -4.43. The summed E-state index contributed by atoms with van der Waals surface area (Å²) in [5.41, 5.74) is 15.5. The molecule has 2 heterocycles. The second-order valence-electron chi connectivity index (χ2n) is 8.48. The molecular formula is C28H26N6OS. The number of aryl methyl sites for hydroxylation is 1. The number of thiocarbonyl (C=S) groups is 1. The molecule has 8 heteroatoms. The number of para-hydroxylation sites is 1. The molecule has 7 nitrogen and oxygen atoms in total. The maximum Gasteiger partial charge on any atom is 0.184 e. The molecule has 0 spiro atoms. The number of fused-ring (bicyclic) bond motifs is 1. The van der Waals surface area contributed by atoms with Gasteiger partial charge in [-0.25, -0.2) is 4.68 Å². The van der Waals surface area contributed by atoms with Crippen LogP contribution >= 0.6 is 12.2 Å². The summed E-state index contributed by atoms with van der Waals surface area (Å²) < 4.78 is 9.51. The van der Waals surface area contributed by atoms with E-state index in [1.807, 2.05) is 59.3 Å². The van der Waals surface area contributed by atoms with E-state index in [1.54, 1.807) is 13.3 Å². The second-order valence-corrected chi connectivity index (χ2v) is 8.92. The zero-order valence-electron chi connectivity index (χ0n) is 20.1. The van der Waals surface area contributed by atoms with Crippen LogP contribution in [0.5, 0.6) is 5.75 Å². The number of ether oxygens (including phenoxy) is 1. The summed E-state index contributed by atoms with van der Waals surface area (Å²) in [6.07, 6.45) is 5.93. The van der Waals surface area contributed by atoms with Gasteiger partial charge in [-0.1, -0.05) is 30.3 Å². The number of rotatable bonds is 7. The maximum absolute atomic E-state index is 5.52. The number of aromatic nitrogens is 3. The Bertz CT molecular complexity index is 1550. The van der Waals surface area contributed by atoms with E-state index in [2.05, 4.69) is 52.6 Å². The van der Waals surface area contributed by atoms with E-state index in [0.29, 0.717) is 6.54 Å². The monoisotopic (exact) mass is 494 g/mol. The minimum absolute atomic E-state index is 0.128. The third-order valence-electron chi connectivity index (χ3n) is 5.96. The van der Waals surface area contributed by atoms with Crippen LogP contribution in [0, 0.1) is 6.92 Å². The smallest absolute Gasteiger partial charge is 0.184 e. The summed E-state index contributed by atoms with van der Waals surface area (Å²) >= 11 is 4.87. The lowest BCUT2D eigenvalue weighted by molar-refractivity contribution is 0.415. The highest BCUT2D eigenvalue weighted by Gasteiger charge is 2.16. The zero-order valence-corrected chi connectivity index (χ0v) is 20.9. The SMILES string of the molecule is COc1ccc(-c2nn(-c3ccccc3)cc2Cn2cc(/C=N/NC(N)=S)c3ccc(C)cc32)cc1. The van der Waals surface area contributed by atoms with Gasteiger partial charge in [-0.3, -0.25) is 5.43 Å². The molecule has 3 aromatic carbocycles. The molecule has 0 aliphatic rings. The lowest BCUT2D eigenvalue weighted by Gasteiger charge is -2.07. The van der Waals surface area contributed by atoms with Crippen LogP contribution in [0.1, 0.15) is 16.7 Å².